The van der Waals surface area contributed by atoms with Gasteiger partial charge in [0.05, 0.1) is 0 Å². The molecule has 1 unspecified atom stereocenters. The van der Waals surface area contributed by atoms with E-state index in [0.29, 0.717) is 23.5 Å². The van der Waals surface area contributed by atoms with Gasteiger partial charge < -0.3 is 0 Å². The molecule has 0 heterocycles. The Kier molecular flexibility index (Phi) is 11.2. The Morgan fingerprint density at radius 1 is 0.788 bits per heavy atom. The molecule has 0 spiro atoms. The van der Waals surface area contributed by atoms with Gasteiger partial charge in [0.1, 0.15) is 0 Å². The lowest BCUT2D eigenvalue weighted by Gasteiger charge is -2.33. The maximum absolute atomic E-state index is 14.9. The van der Waals surface area contributed by atoms with Gasteiger partial charge in [-0.1, -0.05) is 115 Å². The van der Waals surface area contributed by atoms with Gasteiger partial charge in [0, 0.05) is 5.56 Å². The summed E-state index contributed by atoms with van der Waals surface area (Å²) in [5.74, 6) is 0.933. The summed E-state index contributed by atoms with van der Waals surface area (Å²) in [6.45, 7) is 4.52. The summed E-state index contributed by atoms with van der Waals surface area (Å²) in [7, 11) is 0. The van der Waals surface area contributed by atoms with Crippen LogP contribution in [0, 0.1) is 29.4 Å². The minimum atomic E-state index is -0.665. The molecule has 0 bridgehead atoms. The molecule has 0 nitrogen and oxygen atoms in total. The summed E-state index contributed by atoms with van der Waals surface area (Å²) in [4.78, 5) is 0. The second kappa shape index (κ2) is 14.1. The van der Waals surface area contributed by atoms with Gasteiger partial charge >= 0.3 is 0 Å². The topological polar surface area (TPSA) is 0 Å². The van der Waals surface area contributed by atoms with Crippen molar-refractivity contribution < 1.29 is 8.78 Å². The SMILES string of the molecule is CCCCCCCCCCc1ccc(C2=CCC(C3CCC(CCC)CC3)C=C2)c(F)c1F. The zero-order valence-electron chi connectivity index (χ0n) is 21.2. The number of benzene rings is 1. The molecule has 0 amide bonds. The van der Waals surface area contributed by atoms with E-state index in [1.165, 1.54) is 77.0 Å². The first-order chi connectivity index (χ1) is 16.1. The first kappa shape index (κ1) is 26.2. The van der Waals surface area contributed by atoms with Crippen LogP contribution in [-0.2, 0) is 6.42 Å². The van der Waals surface area contributed by atoms with E-state index in [9.17, 15) is 8.78 Å². The average molecular weight is 457 g/mol. The minimum Gasteiger partial charge on any atom is -0.203 e. The summed E-state index contributed by atoms with van der Waals surface area (Å²) in [6.07, 6.45) is 25.8. The van der Waals surface area contributed by atoms with Crippen molar-refractivity contribution in [3.63, 3.8) is 0 Å². The van der Waals surface area contributed by atoms with Crippen LogP contribution in [0.5, 0.6) is 0 Å². The fourth-order valence-corrected chi connectivity index (χ4v) is 5.95. The molecule has 0 aliphatic heterocycles. The molecule has 0 saturated heterocycles. The molecule has 2 aliphatic rings. The molecule has 33 heavy (non-hydrogen) atoms. The number of hydrogen-bond donors (Lipinski definition) is 0. The van der Waals surface area contributed by atoms with E-state index in [-0.39, 0.29) is 0 Å². The van der Waals surface area contributed by atoms with E-state index >= 15 is 0 Å². The van der Waals surface area contributed by atoms with Crippen LogP contribution in [0.25, 0.3) is 5.57 Å². The molecule has 2 heteroatoms. The summed E-state index contributed by atoms with van der Waals surface area (Å²) >= 11 is 0. The van der Waals surface area contributed by atoms with E-state index in [1.807, 2.05) is 12.1 Å². The molecule has 2 aliphatic carbocycles. The van der Waals surface area contributed by atoms with E-state index in [2.05, 4.69) is 26.0 Å². The predicted molar refractivity (Wildman–Crippen MR) is 138 cm³/mol. The Morgan fingerprint density at radius 2 is 1.48 bits per heavy atom. The quantitative estimate of drug-likeness (QED) is 0.259. The van der Waals surface area contributed by atoms with Gasteiger partial charge in [0.2, 0.25) is 0 Å². The molecule has 1 saturated carbocycles. The molecule has 3 rings (SSSR count). The van der Waals surface area contributed by atoms with Crippen molar-refractivity contribution in [3.05, 3.63) is 53.1 Å². The van der Waals surface area contributed by atoms with Gasteiger partial charge in [-0.25, -0.2) is 8.78 Å². The molecular formula is C31H46F2. The minimum absolute atomic E-state index is 0.425. The standard InChI is InChI=1S/C31H46F2/c1-3-5-6-7-8-9-10-11-13-28-22-23-29(31(33)30(28)32)27-20-18-26(19-21-27)25-16-14-24(12-4-2)15-17-25/h18,20-26H,3-17,19H2,1-2H3. The van der Waals surface area contributed by atoms with Crippen molar-refractivity contribution in [2.24, 2.45) is 17.8 Å². The molecule has 1 fully saturated rings. The summed E-state index contributed by atoms with van der Waals surface area (Å²) in [5.41, 5.74) is 1.80. The zero-order valence-corrected chi connectivity index (χ0v) is 21.2. The fraction of sp³-hybridized carbons (Fsp3) is 0.677. The highest BCUT2D eigenvalue weighted by Gasteiger charge is 2.27. The Morgan fingerprint density at radius 3 is 2.12 bits per heavy atom. The van der Waals surface area contributed by atoms with E-state index in [4.69, 9.17) is 0 Å². The number of allylic oxidation sites excluding steroid dienone is 4. The largest absolute Gasteiger partial charge is 0.203 e. The van der Waals surface area contributed by atoms with Crippen LogP contribution in [0.4, 0.5) is 8.78 Å². The van der Waals surface area contributed by atoms with Gasteiger partial charge in [0.15, 0.2) is 11.6 Å². The van der Waals surface area contributed by atoms with Crippen molar-refractivity contribution in [2.45, 2.75) is 117 Å². The van der Waals surface area contributed by atoms with Gasteiger partial charge in [-0.15, -0.1) is 0 Å². The summed E-state index contributed by atoms with van der Waals surface area (Å²) in [6, 6.07) is 3.61. The van der Waals surface area contributed by atoms with Gasteiger partial charge in [-0.05, 0) is 61.0 Å². The van der Waals surface area contributed by atoms with Crippen molar-refractivity contribution in [1.29, 1.82) is 0 Å². The third kappa shape index (κ3) is 7.79. The number of aryl methyl sites for hydroxylation is 1. The Balaban J connectivity index is 1.46. The molecular weight excluding hydrogens is 410 g/mol. The van der Waals surface area contributed by atoms with Crippen LogP contribution < -0.4 is 0 Å². The summed E-state index contributed by atoms with van der Waals surface area (Å²) < 4.78 is 29.7. The Hall–Kier alpha value is -1.44. The maximum atomic E-state index is 14.9. The van der Waals surface area contributed by atoms with E-state index < -0.39 is 11.6 Å². The van der Waals surface area contributed by atoms with Crippen molar-refractivity contribution in [3.8, 4) is 0 Å². The molecule has 1 aromatic carbocycles. The van der Waals surface area contributed by atoms with Crippen LogP contribution in [0.2, 0.25) is 0 Å². The first-order valence-corrected chi connectivity index (χ1v) is 14.0. The predicted octanol–water partition coefficient (Wildman–Crippen LogP) is 10.2. The number of hydrogen-bond acceptors (Lipinski definition) is 0. The number of halogens is 2. The maximum Gasteiger partial charge on any atom is 0.166 e. The number of unbranched alkanes of at least 4 members (excludes halogenated alkanes) is 7. The smallest absolute Gasteiger partial charge is 0.166 e. The van der Waals surface area contributed by atoms with Crippen molar-refractivity contribution in [2.75, 3.05) is 0 Å². The van der Waals surface area contributed by atoms with E-state index in [1.54, 1.807) is 6.07 Å². The lowest BCUT2D eigenvalue weighted by atomic mass is 9.72. The molecule has 0 radical (unpaired) electrons. The third-order valence-corrected chi connectivity index (χ3v) is 8.10. The van der Waals surface area contributed by atoms with Crippen LogP contribution in [-0.4, -0.2) is 0 Å². The lowest BCUT2D eigenvalue weighted by Crippen LogP contribution is -2.21. The second-order valence-corrected chi connectivity index (χ2v) is 10.6. The normalized spacial score (nSPS) is 23.0. The first-order valence-electron chi connectivity index (χ1n) is 14.0. The Bertz CT molecular complexity index is 767. The molecule has 1 aromatic rings. The van der Waals surface area contributed by atoms with Crippen LogP contribution in [0.15, 0.2) is 30.4 Å². The molecule has 184 valence electrons. The Labute approximate surface area is 201 Å². The number of rotatable bonds is 13. The zero-order chi connectivity index (χ0) is 23.5. The second-order valence-electron chi connectivity index (χ2n) is 10.6. The molecule has 0 N–H and O–H groups in total. The lowest BCUT2D eigenvalue weighted by molar-refractivity contribution is 0.221. The van der Waals surface area contributed by atoms with E-state index in [0.717, 1.165) is 36.7 Å². The van der Waals surface area contributed by atoms with Crippen molar-refractivity contribution in [1.82, 2.24) is 0 Å². The monoisotopic (exact) mass is 456 g/mol. The van der Waals surface area contributed by atoms with Gasteiger partial charge in [-0.2, -0.15) is 0 Å². The van der Waals surface area contributed by atoms with Crippen molar-refractivity contribution >= 4 is 5.57 Å². The van der Waals surface area contributed by atoms with Crippen LogP contribution in [0.3, 0.4) is 0 Å². The highest BCUT2D eigenvalue weighted by molar-refractivity contribution is 5.75. The fourth-order valence-electron chi connectivity index (χ4n) is 5.95. The third-order valence-electron chi connectivity index (χ3n) is 8.10. The van der Waals surface area contributed by atoms with Crippen LogP contribution in [0.1, 0.15) is 121 Å². The highest BCUT2D eigenvalue weighted by Crippen LogP contribution is 2.40. The van der Waals surface area contributed by atoms with Gasteiger partial charge in [0.25, 0.3) is 0 Å². The average Bonchev–Trinajstić information content (AvgIpc) is 2.84. The molecule has 0 aromatic heterocycles. The van der Waals surface area contributed by atoms with Gasteiger partial charge in [-0.3, -0.25) is 0 Å². The van der Waals surface area contributed by atoms with Crippen LogP contribution >= 0.6 is 0 Å². The molecule has 1 atom stereocenters. The highest BCUT2D eigenvalue weighted by atomic mass is 19.2. The summed E-state index contributed by atoms with van der Waals surface area (Å²) in [5, 5.41) is 0.